The number of benzene rings is 2. The lowest BCUT2D eigenvalue weighted by Crippen LogP contribution is -2.33. The maximum atomic E-state index is 12.8. The van der Waals surface area contributed by atoms with Gasteiger partial charge in [-0.1, -0.05) is 43.7 Å². The number of amides is 1. The minimum Gasteiger partial charge on any atom is -0.378 e. The number of unbranched alkanes of at least 4 members (excludes halogenated alkanes) is 1. The van der Waals surface area contributed by atoms with Gasteiger partial charge in [0.05, 0.1) is 10.3 Å². The largest absolute Gasteiger partial charge is 0.378 e. The van der Waals surface area contributed by atoms with Crippen molar-refractivity contribution < 1.29 is 9.72 Å². The lowest BCUT2D eigenvalue weighted by molar-refractivity contribution is -0.384. The van der Waals surface area contributed by atoms with Gasteiger partial charge in [-0.15, -0.1) is 0 Å². The number of nitro groups is 1. The zero-order chi connectivity index (χ0) is 21.5. The highest BCUT2D eigenvalue weighted by atomic mass is 16.6. The van der Waals surface area contributed by atoms with Crippen LogP contribution in [0.1, 0.15) is 30.3 Å². The fraction of sp³-hybridized carbons (Fsp3) is 0.286. The molecule has 9 heteroatoms. The topological polar surface area (TPSA) is 119 Å². The number of hydrogen-bond acceptors (Lipinski definition) is 6. The summed E-state index contributed by atoms with van der Waals surface area (Å²) in [6, 6.07) is 13.2. The molecular weight excluding hydrogens is 386 g/mol. The number of nitrogens with zero attached hydrogens (tertiary/aromatic N) is 3. The molecule has 0 aliphatic rings. The van der Waals surface area contributed by atoms with E-state index in [0.717, 1.165) is 12.8 Å². The second-order valence-corrected chi connectivity index (χ2v) is 6.73. The number of carbonyl (C=O) groups is 1. The first-order chi connectivity index (χ1) is 14.5. The number of aryl methyl sites for hydroxylation is 1. The van der Waals surface area contributed by atoms with Crippen LogP contribution >= 0.6 is 0 Å². The van der Waals surface area contributed by atoms with Crippen LogP contribution in [0.2, 0.25) is 0 Å². The maximum Gasteiger partial charge on any atom is 0.292 e. The summed E-state index contributed by atoms with van der Waals surface area (Å²) in [4.78, 5) is 36.0. The zero-order valence-corrected chi connectivity index (χ0v) is 16.6. The molecule has 0 spiro atoms. The van der Waals surface area contributed by atoms with Crippen LogP contribution in [0.4, 0.5) is 11.4 Å². The average Bonchev–Trinajstić information content (AvgIpc) is 2.76. The van der Waals surface area contributed by atoms with Gasteiger partial charge in [0, 0.05) is 31.1 Å². The predicted octanol–water partition coefficient (Wildman–Crippen LogP) is 2.95. The van der Waals surface area contributed by atoms with Crippen molar-refractivity contribution in [1.29, 1.82) is 0 Å². The van der Waals surface area contributed by atoms with E-state index >= 15 is 0 Å². The van der Waals surface area contributed by atoms with Gasteiger partial charge >= 0.3 is 0 Å². The van der Waals surface area contributed by atoms with Crippen LogP contribution in [-0.4, -0.2) is 33.7 Å². The Balaban J connectivity index is 1.73. The molecule has 2 aromatic carbocycles. The molecule has 0 fully saturated rings. The van der Waals surface area contributed by atoms with E-state index in [2.05, 4.69) is 15.7 Å². The van der Waals surface area contributed by atoms with Crippen LogP contribution in [-0.2, 0) is 6.54 Å². The van der Waals surface area contributed by atoms with Gasteiger partial charge in [0.15, 0.2) is 5.69 Å². The Morgan fingerprint density at radius 2 is 1.80 bits per heavy atom. The molecule has 2 N–H and O–H groups in total. The van der Waals surface area contributed by atoms with Crippen LogP contribution in [0.5, 0.6) is 0 Å². The van der Waals surface area contributed by atoms with Crippen molar-refractivity contribution in [2.45, 2.75) is 26.3 Å². The minimum absolute atomic E-state index is 0.0283. The molecule has 3 rings (SSSR count). The van der Waals surface area contributed by atoms with Crippen molar-refractivity contribution in [1.82, 2.24) is 15.1 Å². The van der Waals surface area contributed by atoms with Gasteiger partial charge in [0.25, 0.3) is 17.2 Å². The molecule has 0 aliphatic carbocycles. The summed E-state index contributed by atoms with van der Waals surface area (Å²) in [5.41, 5.74) is 0.327. The molecule has 0 unspecified atom stereocenters. The van der Waals surface area contributed by atoms with Gasteiger partial charge in [-0.2, -0.15) is 5.10 Å². The summed E-state index contributed by atoms with van der Waals surface area (Å²) in [6.45, 7) is 2.99. The number of hydrogen-bond donors (Lipinski definition) is 2. The molecule has 0 radical (unpaired) electrons. The standard InChI is InChI=1S/C21H23N5O4/c1-2-3-14-25-21(28)16-9-5-4-8-15(16)19(24-25)20(27)23-13-12-22-17-10-6-7-11-18(17)26(29)30/h4-11,22H,2-3,12-14H2,1H3,(H,23,27). The van der Waals surface area contributed by atoms with Crippen LogP contribution in [0.15, 0.2) is 53.3 Å². The molecule has 0 bridgehead atoms. The molecule has 1 amide bonds. The van der Waals surface area contributed by atoms with E-state index in [0.29, 0.717) is 29.5 Å². The Labute approximate surface area is 172 Å². The van der Waals surface area contributed by atoms with E-state index < -0.39 is 10.8 Å². The first-order valence-electron chi connectivity index (χ1n) is 9.78. The number of carbonyl (C=O) groups excluding carboxylic acids is 1. The maximum absolute atomic E-state index is 12.8. The summed E-state index contributed by atoms with van der Waals surface area (Å²) < 4.78 is 1.34. The molecule has 0 saturated heterocycles. The lowest BCUT2D eigenvalue weighted by Gasteiger charge is -2.12. The third kappa shape index (κ3) is 4.62. The number of aromatic nitrogens is 2. The highest BCUT2D eigenvalue weighted by molar-refractivity contribution is 6.04. The van der Waals surface area contributed by atoms with Crippen molar-refractivity contribution >= 4 is 28.1 Å². The van der Waals surface area contributed by atoms with Crippen LogP contribution in [0.25, 0.3) is 10.8 Å². The van der Waals surface area contributed by atoms with Gasteiger partial charge in [-0.3, -0.25) is 19.7 Å². The van der Waals surface area contributed by atoms with E-state index in [1.165, 1.54) is 10.7 Å². The minimum atomic E-state index is -0.462. The SMILES string of the molecule is CCCCn1nc(C(=O)NCCNc2ccccc2[N+](=O)[O-])c2ccccc2c1=O. The molecule has 156 valence electrons. The van der Waals surface area contributed by atoms with Crippen molar-refractivity contribution in [3.05, 3.63) is 74.7 Å². The van der Waals surface area contributed by atoms with Gasteiger partial charge < -0.3 is 10.6 Å². The molecule has 0 aliphatic heterocycles. The van der Waals surface area contributed by atoms with Crippen molar-refractivity contribution in [3.8, 4) is 0 Å². The zero-order valence-electron chi connectivity index (χ0n) is 16.6. The number of nitro benzene ring substituents is 1. The monoisotopic (exact) mass is 409 g/mol. The quantitative estimate of drug-likeness (QED) is 0.319. The van der Waals surface area contributed by atoms with Gasteiger partial charge in [-0.05, 0) is 18.6 Å². The lowest BCUT2D eigenvalue weighted by atomic mass is 10.1. The number of fused-ring (bicyclic) bond motifs is 1. The summed E-state index contributed by atoms with van der Waals surface area (Å²) in [7, 11) is 0. The van der Waals surface area contributed by atoms with Crippen molar-refractivity contribution in [2.24, 2.45) is 0 Å². The molecule has 0 saturated carbocycles. The molecular formula is C21H23N5O4. The average molecular weight is 409 g/mol. The number of rotatable bonds is 9. The number of anilines is 1. The highest BCUT2D eigenvalue weighted by Gasteiger charge is 2.16. The molecule has 1 heterocycles. The van der Waals surface area contributed by atoms with Crippen molar-refractivity contribution in [3.63, 3.8) is 0 Å². The first kappa shape index (κ1) is 21.0. The molecule has 1 aromatic heterocycles. The van der Waals surface area contributed by atoms with E-state index in [1.54, 1.807) is 42.5 Å². The first-order valence-corrected chi connectivity index (χ1v) is 9.78. The third-order valence-electron chi connectivity index (χ3n) is 4.63. The normalized spacial score (nSPS) is 10.7. The second-order valence-electron chi connectivity index (χ2n) is 6.73. The summed E-state index contributed by atoms with van der Waals surface area (Å²) in [6.07, 6.45) is 1.69. The van der Waals surface area contributed by atoms with Crippen LogP contribution in [0.3, 0.4) is 0 Å². The van der Waals surface area contributed by atoms with E-state index in [1.807, 2.05) is 6.92 Å². The fourth-order valence-electron chi connectivity index (χ4n) is 3.10. The van der Waals surface area contributed by atoms with E-state index in [-0.39, 0.29) is 23.5 Å². The number of para-hydroxylation sites is 2. The molecule has 30 heavy (non-hydrogen) atoms. The molecule has 9 nitrogen and oxygen atoms in total. The van der Waals surface area contributed by atoms with E-state index in [4.69, 9.17) is 0 Å². The second kappa shape index (κ2) is 9.64. The van der Waals surface area contributed by atoms with Crippen LogP contribution < -0.4 is 16.2 Å². The third-order valence-corrected chi connectivity index (χ3v) is 4.63. The Morgan fingerprint density at radius 3 is 2.53 bits per heavy atom. The Kier molecular flexibility index (Phi) is 6.74. The molecule has 0 atom stereocenters. The van der Waals surface area contributed by atoms with Crippen molar-refractivity contribution in [2.75, 3.05) is 18.4 Å². The Hall–Kier alpha value is -3.75. The van der Waals surface area contributed by atoms with Gasteiger partial charge in [0.1, 0.15) is 5.69 Å². The summed E-state index contributed by atoms with van der Waals surface area (Å²) in [5, 5.41) is 22.0. The highest BCUT2D eigenvalue weighted by Crippen LogP contribution is 2.22. The molecule has 3 aromatic rings. The Bertz CT molecular complexity index is 1130. The van der Waals surface area contributed by atoms with Crippen LogP contribution in [0, 0.1) is 10.1 Å². The smallest absolute Gasteiger partial charge is 0.292 e. The fourth-order valence-corrected chi connectivity index (χ4v) is 3.10. The van der Waals surface area contributed by atoms with Gasteiger partial charge in [-0.25, -0.2) is 4.68 Å². The van der Waals surface area contributed by atoms with E-state index in [9.17, 15) is 19.7 Å². The Morgan fingerprint density at radius 1 is 1.10 bits per heavy atom. The predicted molar refractivity (Wildman–Crippen MR) is 115 cm³/mol. The number of nitrogens with one attached hydrogen (secondary N) is 2. The van der Waals surface area contributed by atoms with Gasteiger partial charge in [0.2, 0.25) is 0 Å². The summed E-state index contributed by atoms with van der Waals surface area (Å²) in [5.74, 6) is -0.402. The summed E-state index contributed by atoms with van der Waals surface area (Å²) >= 11 is 0.